The lowest BCUT2D eigenvalue weighted by atomic mass is 10.1. The van der Waals surface area contributed by atoms with E-state index in [1.807, 2.05) is 31.2 Å². The summed E-state index contributed by atoms with van der Waals surface area (Å²) >= 11 is 4.89. The number of hydrogen-bond donors (Lipinski definition) is 1. The summed E-state index contributed by atoms with van der Waals surface area (Å²) in [7, 11) is 1.63. The van der Waals surface area contributed by atoms with E-state index in [0.717, 1.165) is 11.1 Å². The molecule has 104 valence electrons. The van der Waals surface area contributed by atoms with Gasteiger partial charge in [-0.3, -0.25) is 4.79 Å². The van der Waals surface area contributed by atoms with Crippen LogP contribution in [-0.4, -0.2) is 42.6 Å². The largest absolute Gasteiger partial charge is 0.389 e. The van der Waals surface area contributed by atoms with E-state index in [2.05, 4.69) is 0 Å². The molecule has 19 heavy (non-hydrogen) atoms. The maximum absolute atomic E-state index is 12.1. The van der Waals surface area contributed by atoms with Crippen LogP contribution in [0.1, 0.15) is 18.1 Å². The third kappa shape index (κ3) is 4.96. The molecular formula is C14H20N2O2S. The molecule has 0 unspecified atom stereocenters. The third-order valence-electron chi connectivity index (χ3n) is 2.89. The van der Waals surface area contributed by atoms with Crippen molar-refractivity contribution in [3.63, 3.8) is 0 Å². The van der Waals surface area contributed by atoms with Crippen LogP contribution >= 0.6 is 12.2 Å². The SMILES string of the molecule is CCN(CCOC)C(=O)Cc1ccc(C(N)=S)cc1. The number of thiocarbonyl (C=S) groups is 1. The van der Waals surface area contributed by atoms with Gasteiger partial charge in [0, 0.05) is 25.8 Å². The Balaban J connectivity index is 2.62. The summed E-state index contributed by atoms with van der Waals surface area (Å²) < 4.78 is 4.99. The molecule has 0 aliphatic rings. The van der Waals surface area contributed by atoms with Crippen molar-refractivity contribution in [2.24, 2.45) is 5.73 Å². The standard InChI is InChI=1S/C14H20N2O2S/c1-3-16(8-9-18-2)13(17)10-11-4-6-12(7-5-11)14(15)19/h4-7H,3,8-10H2,1-2H3,(H2,15,19). The molecule has 0 radical (unpaired) electrons. The summed E-state index contributed by atoms with van der Waals surface area (Å²) in [5.74, 6) is 0.0997. The fourth-order valence-corrected chi connectivity index (χ4v) is 1.87. The maximum Gasteiger partial charge on any atom is 0.227 e. The number of ether oxygens (including phenoxy) is 1. The summed E-state index contributed by atoms with van der Waals surface area (Å²) in [6.45, 7) is 3.83. The molecule has 1 aromatic rings. The molecule has 0 saturated carbocycles. The molecule has 1 rings (SSSR count). The Morgan fingerprint density at radius 3 is 2.47 bits per heavy atom. The van der Waals surface area contributed by atoms with Gasteiger partial charge in [0.2, 0.25) is 5.91 Å². The molecule has 2 N–H and O–H groups in total. The van der Waals surface area contributed by atoms with Gasteiger partial charge in [-0.25, -0.2) is 0 Å². The minimum Gasteiger partial charge on any atom is -0.389 e. The number of hydrogen-bond acceptors (Lipinski definition) is 3. The molecule has 4 nitrogen and oxygen atoms in total. The topological polar surface area (TPSA) is 55.6 Å². The fourth-order valence-electron chi connectivity index (χ4n) is 1.73. The number of nitrogens with two attached hydrogens (primary N) is 1. The first-order valence-corrected chi connectivity index (χ1v) is 6.64. The van der Waals surface area contributed by atoms with Crippen LogP contribution < -0.4 is 5.73 Å². The van der Waals surface area contributed by atoms with Crippen LogP contribution in [0.4, 0.5) is 0 Å². The van der Waals surface area contributed by atoms with E-state index < -0.39 is 0 Å². The van der Waals surface area contributed by atoms with Gasteiger partial charge in [-0.15, -0.1) is 0 Å². The number of amides is 1. The molecule has 0 saturated heterocycles. The van der Waals surface area contributed by atoms with Crippen LogP contribution in [0.15, 0.2) is 24.3 Å². The van der Waals surface area contributed by atoms with Gasteiger partial charge in [-0.1, -0.05) is 36.5 Å². The molecule has 1 amide bonds. The van der Waals surface area contributed by atoms with E-state index >= 15 is 0 Å². The molecule has 0 heterocycles. The van der Waals surface area contributed by atoms with Crippen LogP contribution in [0, 0.1) is 0 Å². The number of likely N-dealkylation sites (N-methyl/N-ethyl adjacent to an activating group) is 1. The number of rotatable bonds is 7. The van der Waals surface area contributed by atoms with Crippen LogP contribution in [-0.2, 0) is 16.0 Å². The third-order valence-corrected chi connectivity index (χ3v) is 3.13. The quantitative estimate of drug-likeness (QED) is 0.766. The number of benzene rings is 1. The lowest BCUT2D eigenvalue weighted by Crippen LogP contribution is -2.34. The zero-order chi connectivity index (χ0) is 14.3. The Morgan fingerprint density at radius 1 is 1.37 bits per heavy atom. The van der Waals surface area contributed by atoms with Crippen molar-refractivity contribution in [2.45, 2.75) is 13.3 Å². The van der Waals surface area contributed by atoms with E-state index in [9.17, 15) is 4.79 Å². The lowest BCUT2D eigenvalue weighted by Gasteiger charge is -2.20. The van der Waals surface area contributed by atoms with Crippen LogP contribution in [0.3, 0.4) is 0 Å². The second kappa shape index (κ2) is 7.86. The van der Waals surface area contributed by atoms with Gasteiger partial charge < -0.3 is 15.4 Å². The molecule has 0 bridgehead atoms. The second-order valence-electron chi connectivity index (χ2n) is 4.20. The van der Waals surface area contributed by atoms with E-state index in [0.29, 0.717) is 31.1 Å². The highest BCUT2D eigenvalue weighted by molar-refractivity contribution is 7.80. The monoisotopic (exact) mass is 280 g/mol. The van der Waals surface area contributed by atoms with Gasteiger partial charge in [0.15, 0.2) is 0 Å². The Hall–Kier alpha value is -1.46. The van der Waals surface area contributed by atoms with Crippen LogP contribution in [0.25, 0.3) is 0 Å². The average Bonchev–Trinajstić information content (AvgIpc) is 2.40. The van der Waals surface area contributed by atoms with Crippen molar-refractivity contribution < 1.29 is 9.53 Å². The highest BCUT2D eigenvalue weighted by Crippen LogP contribution is 2.07. The molecule has 0 atom stereocenters. The molecule has 0 spiro atoms. The molecule has 5 heteroatoms. The molecular weight excluding hydrogens is 260 g/mol. The summed E-state index contributed by atoms with van der Waals surface area (Å²) in [4.78, 5) is 14.2. The molecule has 0 aromatic heterocycles. The normalized spacial score (nSPS) is 10.2. The number of nitrogens with zero attached hydrogens (tertiary/aromatic N) is 1. The van der Waals surface area contributed by atoms with E-state index in [-0.39, 0.29) is 5.91 Å². The number of methoxy groups -OCH3 is 1. The summed E-state index contributed by atoms with van der Waals surface area (Å²) in [5.41, 5.74) is 7.31. The molecule has 0 aliphatic heterocycles. The van der Waals surface area contributed by atoms with Crippen LogP contribution in [0.2, 0.25) is 0 Å². The fraction of sp³-hybridized carbons (Fsp3) is 0.429. The zero-order valence-electron chi connectivity index (χ0n) is 11.4. The van der Waals surface area contributed by atoms with E-state index in [1.165, 1.54) is 0 Å². The van der Waals surface area contributed by atoms with Crippen molar-refractivity contribution in [3.8, 4) is 0 Å². The first-order chi connectivity index (χ1) is 9.08. The zero-order valence-corrected chi connectivity index (χ0v) is 12.2. The predicted octanol–water partition coefficient (Wildman–Crippen LogP) is 1.36. The number of carbonyl (C=O) groups is 1. The molecule has 1 aromatic carbocycles. The minimum atomic E-state index is 0.0997. The van der Waals surface area contributed by atoms with Gasteiger partial charge in [-0.05, 0) is 12.5 Å². The maximum atomic E-state index is 12.1. The van der Waals surface area contributed by atoms with Crippen molar-refractivity contribution >= 4 is 23.1 Å². The van der Waals surface area contributed by atoms with Crippen molar-refractivity contribution in [2.75, 3.05) is 26.8 Å². The van der Waals surface area contributed by atoms with Gasteiger partial charge in [-0.2, -0.15) is 0 Å². The van der Waals surface area contributed by atoms with Gasteiger partial charge >= 0.3 is 0 Å². The Kier molecular flexibility index (Phi) is 6.45. The Bertz CT molecular complexity index is 432. The van der Waals surface area contributed by atoms with Gasteiger partial charge in [0.05, 0.1) is 13.0 Å². The highest BCUT2D eigenvalue weighted by Gasteiger charge is 2.11. The van der Waals surface area contributed by atoms with E-state index in [1.54, 1.807) is 12.0 Å². The van der Waals surface area contributed by atoms with Crippen LogP contribution in [0.5, 0.6) is 0 Å². The minimum absolute atomic E-state index is 0.0997. The average molecular weight is 280 g/mol. The summed E-state index contributed by atoms with van der Waals surface area (Å²) in [5, 5.41) is 0. The molecule has 0 fully saturated rings. The molecule has 0 aliphatic carbocycles. The first-order valence-electron chi connectivity index (χ1n) is 6.24. The first kappa shape index (κ1) is 15.6. The summed E-state index contributed by atoms with van der Waals surface area (Å²) in [6, 6.07) is 7.46. The smallest absolute Gasteiger partial charge is 0.227 e. The van der Waals surface area contributed by atoms with E-state index in [4.69, 9.17) is 22.7 Å². The van der Waals surface area contributed by atoms with Gasteiger partial charge in [0.1, 0.15) is 4.99 Å². The Labute approximate surface area is 119 Å². The summed E-state index contributed by atoms with van der Waals surface area (Å²) in [6.07, 6.45) is 0.384. The second-order valence-corrected chi connectivity index (χ2v) is 4.64. The van der Waals surface area contributed by atoms with Crippen molar-refractivity contribution in [1.82, 2.24) is 4.90 Å². The Morgan fingerprint density at radius 2 is 2.00 bits per heavy atom. The van der Waals surface area contributed by atoms with Crippen molar-refractivity contribution in [1.29, 1.82) is 0 Å². The predicted molar refractivity (Wildman–Crippen MR) is 80.2 cm³/mol. The van der Waals surface area contributed by atoms with Crippen molar-refractivity contribution in [3.05, 3.63) is 35.4 Å². The number of carbonyl (C=O) groups excluding carboxylic acids is 1. The highest BCUT2D eigenvalue weighted by atomic mass is 32.1. The lowest BCUT2D eigenvalue weighted by molar-refractivity contribution is -0.130. The van der Waals surface area contributed by atoms with Gasteiger partial charge in [0.25, 0.3) is 0 Å².